The van der Waals surface area contributed by atoms with Crippen LogP contribution in [0.15, 0.2) is 0 Å². The predicted octanol–water partition coefficient (Wildman–Crippen LogP) is 4.13. The molecule has 0 aromatic carbocycles. The summed E-state index contributed by atoms with van der Waals surface area (Å²) >= 11 is 2.28. The van der Waals surface area contributed by atoms with Crippen LogP contribution in [0.2, 0.25) is 18.1 Å². The van der Waals surface area contributed by atoms with Gasteiger partial charge in [-0.3, -0.25) is 4.68 Å². The molecule has 1 atom stereocenters. The molecule has 1 N–H and O–H groups in total. The minimum absolute atomic E-state index is 0.0235. The summed E-state index contributed by atoms with van der Waals surface area (Å²) in [7, 11) is -1.75. The van der Waals surface area contributed by atoms with E-state index in [-0.39, 0.29) is 17.7 Å². The number of halogens is 1. The maximum atomic E-state index is 9.62. The molecule has 0 bridgehead atoms. The van der Waals surface area contributed by atoms with Crippen molar-refractivity contribution in [2.75, 3.05) is 6.61 Å². The zero-order valence-corrected chi connectivity index (χ0v) is 17.5. The van der Waals surface area contributed by atoms with Gasteiger partial charge in [-0.15, -0.1) is 0 Å². The van der Waals surface area contributed by atoms with Gasteiger partial charge in [-0.2, -0.15) is 5.10 Å². The van der Waals surface area contributed by atoms with Crippen molar-refractivity contribution in [3.05, 3.63) is 15.0 Å². The van der Waals surface area contributed by atoms with Gasteiger partial charge in [-0.05, 0) is 54.1 Å². The molecule has 0 fully saturated rings. The van der Waals surface area contributed by atoms with Crippen molar-refractivity contribution in [2.45, 2.75) is 71.8 Å². The van der Waals surface area contributed by atoms with Crippen LogP contribution >= 0.6 is 22.6 Å². The lowest BCUT2D eigenvalue weighted by atomic mass is 10.2. The van der Waals surface area contributed by atoms with Crippen molar-refractivity contribution < 1.29 is 9.53 Å². The molecule has 122 valence electrons. The fourth-order valence-electron chi connectivity index (χ4n) is 1.85. The average molecular weight is 424 g/mol. The molecule has 0 aliphatic heterocycles. The van der Waals surface area contributed by atoms with Gasteiger partial charge in [-0.25, -0.2) is 0 Å². The monoisotopic (exact) mass is 424 g/mol. The second-order valence-electron chi connectivity index (χ2n) is 7.08. The molecule has 1 heterocycles. The van der Waals surface area contributed by atoms with E-state index in [1.165, 1.54) is 0 Å². The highest BCUT2D eigenvalue weighted by Gasteiger charge is 2.37. The Labute approximate surface area is 143 Å². The van der Waals surface area contributed by atoms with E-state index in [1.54, 1.807) is 0 Å². The van der Waals surface area contributed by atoms with Crippen LogP contribution in [0.1, 0.15) is 52.0 Å². The number of nitrogens with zero attached hydrogens (tertiary/aromatic N) is 2. The smallest absolute Gasteiger partial charge is 0.192 e. The van der Waals surface area contributed by atoms with E-state index in [1.807, 2.05) is 4.68 Å². The highest BCUT2D eigenvalue weighted by atomic mass is 127. The van der Waals surface area contributed by atoms with E-state index >= 15 is 0 Å². The molecule has 0 radical (unpaired) electrons. The fourth-order valence-corrected chi connectivity index (χ4v) is 3.85. The van der Waals surface area contributed by atoms with Gasteiger partial charge in [0.1, 0.15) is 0 Å². The first kappa shape index (κ1) is 19.1. The number of aromatic nitrogens is 2. The van der Waals surface area contributed by atoms with Gasteiger partial charge in [0.25, 0.3) is 0 Å². The number of hydrogen-bond acceptors (Lipinski definition) is 3. The first-order chi connectivity index (χ1) is 9.55. The Morgan fingerprint density at radius 3 is 2.38 bits per heavy atom. The molecule has 0 amide bonds. The van der Waals surface area contributed by atoms with Crippen molar-refractivity contribution in [2.24, 2.45) is 0 Å². The molecule has 0 saturated heterocycles. The summed E-state index contributed by atoms with van der Waals surface area (Å²) in [6.07, 6.45) is 0.883. The molecular weight excluding hydrogens is 395 g/mol. The minimum atomic E-state index is -1.75. The quantitative estimate of drug-likeness (QED) is 0.552. The van der Waals surface area contributed by atoms with Gasteiger partial charge in [0.15, 0.2) is 8.32 Å². The molecule has 1 rings (SSSR count). The summed E-state index contributed by atoms with van der Waals surface area (Å²) < 4.78 is 9.30. The summed E-state index contributed by atoms with van der Waals surface area (Å²) in [6.45, 7) is 16.1. The standard InChI is InChI=1S/C15H29IN2O2Si/c1-8-12-14(16)13(9-19)18(17-12)11(2)10-20-21(6,7)15(3,4)5/h11,19H,8-10H2,1-7H3/t11-/m0/s1. The van der Waals surface area contributed by atoms with Crippen LogP contribution in [-0.2, 0) is 17.5 Å². The zero-order valence-electron chi connectivity index (χ0n) is 14.3. The lowest BCUT2D eigenvalue weighted by Gasteiger charge is -2.37. The molecule has 0 saturated carbocycles. The molecule has 21 heavy (non-hydrogen) atoms. The van der Waals surface area contributed by atoms with Crippen LogP contribution in [0.3, 0.4) is 0 Å². The van der Waals surface area contributed by atoms with Crippen LogP contribution in [0, 0.1) is 3.57 Å². The maximum absolute atomic E-state index is 9.62. The first-order valence-corrected chi connectivity index (χ1v) is 11.5. The van der Waals surface area contributed by atoms with E-state index in [0.717, 1.165) is 21.4 Å². The van der Waals surface area contributed by atoms with Crippen molar-refractivity contribution in [3.63, 3.8) is 0 Å². The fraction of sp³-hybridized carbons (Fsp3) is 0.800. The second kappa shape index (κ2) is 7.10. The van der Waals surface area contributed by atoms with E-state index in [0.29, 0.717) is 6.61 Å². The van der Waals surface area contributed by atoms with E-state index in [4.69, 9.17) is 4.43 Å². The number of aliphatic hydroxyl groups is 1. The Balaban J connectivity index is 2.88. The lowest BCUT2D eigenvalue weighted by molar-refractivity contribution is 0.213. The molecular formula is C15H29IN2O2Si. The summed E-state index contributed by atoms with van der Waals surface area (Å²) in [5.74, 6) is 0. The highest BCUT2D eigenvalue weighted by molar-refractivity contribution is 14.1. The third kappa shape index (κ3) is 4.30. The van der Waals surface area contributed by atoms with Gasteiger partial charge in [-0.1, -0.05) is 27.7 Å². The Hall–Kier alpha value is 0.0769. The number of hydrogen-bond donors (Lipinski definition) is 1. The molecule has 6 heteroatoms. The van der Waals surface area contributed by atoms with Gasteiger partial charge >= 0.3 is 0 Å². The molecule has 1 aromatic heterocycles. The van der Waals surface area contributed by atoms with Crippen molar-refractivity contribution >= 4 is 30.9 Å². The van der Waals surface area contributed by atoms with Crippen LogP contribution in [0.25, 0.3) is 0 Å². The van der Waals surface area contributed by atoms with Crippen LogP contribution in [-0.4, -0.2) is 29.8 Å². The third-order valence-corrected chi connectivity index (χ3v) is 10.2. The first-order valence-electron chi connectivity index (χ1n) is 7.55. The normalized spacial score (nSPS) is 14.5. The van der Waals surface area contributed by atoms with Crippen molar-refractivity contribution in [1.82, 2.24) is 9.78 Å². The predicted molar refractivity (Wildman–Crippen MR) is 98.1 cm³/mol. The highest BCUT2D eigenvalue weighted by Crippen LogP contribution is 2.37. The zero-order chi connectivity index (χ0) is 16.4. The molecule has 0 spiro atoms. The number of aliphatic hydroxyl groups excluding tert-OH is 1. The summed E-state index contributed by atoms with van der Waals surface area (Å²) in [6, 6.07) is 0.134. The topological polar surface area (TPSA) is 47.3 Å². The Bertz CT molecular complexity index is 481. The summed E-state index contributed by atoms with van der Waals surface area (Å²) in [5, 5.41) is 14.5. The van der Waals surface area contributed by atoms with E-state index < -0.39 is 8.32 Å². The maximum Gasteiger partial charge on any atom is 0.192 e. The average Bonchev–Trinajstić information content (AvgIpc) is 2.71. The van der Waals surface area contributed by atoms with Gasteiger partial charge in [0.2, 0.25) is 0 Å². The van der Waals surface area contributed by atoms with E-state index in [9.17, 15) is 5.11 Å². The van der Waals surface area contributed by atoms with Crippen molar-refractivity contribution in [1.29, 1.82) is 0 Å². The number of rotatable bonds is 6. The Morgan fingerprint density at radius 1 is 1.38 bits per heavy atom. The largest absolute Gasteiger partial charge is 0.415 e. The molecule has 0 aliphatic carbocycles. The Morgan fingerprint density at radius 2 is 1.95 bits per heavy atom. The summed E-state index contributed by atoms with van der Waals surface area (Å²) in [4.78, 5) is 0. The lowest BCUT2D eigenvalue weighted by Crippen LogP contribution is -2.42. The van der Waals surface area contributed by atoms with E-state index in [2.05, 4.69) is 75.4 Å². The second-order valence-corrected chi connectivity index (χ2v) is 13.0. The van der Waals surface area contributed by atoms with Crippen molar-refractivity contribution in [3.8, 4) is 0 Å². The SMILES string of the molecule is CCc1nn([C@@H](C)CO[Si](C)(C)C(C)(C)C)c(CO)c1I. The minimum Gasteiger partial charge on any atom is -0.415 e. The van der Waals surface area contributed by atoms with Gasteiger partial charge < -0.3 is 9.53 Å². The van der Waals surface area contributed by atoms with Crippen LogP contribution in [0.4, 0.5) is 0 Å². The van der Waals surface area contributed by atoms with Crippen LogP contribution < -0.4 is 0 Å². The molecule has 4 nitrogen and oxygen atoms in total. The van der Waals surface area contributed by atoms with Gasteiger partial charge in [0.05, 0.1) is 34.2 Å². The molecule has 0 aliphatic rings. The van der Waals surface area contributed by atoms with Gasteiger partial charge in [0, 0.05) is 0 Å². The Kier molecular flexibility index (Phi) is 6.47. The molecule has 0 unspecified atom stereocenters. The van der Waals surface area contributed by atoms with Crippen LogP contribution in [0.5, 0.6) is 0 Å². The number of aryl methyl sites for hydroxylation is 1. The summed E-state index contributed by atoms with van der Waals surface area (Å²) in [5.41, 5.74) is 1.96. The molecule has 1 aromatic rings. The third-order valence-electron chi connectivity index (χ3n) is 4.41.